The molecular weight excluding hydrogens is 346 g/mol. The standard InChI is InChI=1S/C21H17NO5/c1-22-20-13(5-4-11-6-16-17(9-14(11)20)27-10-26-16)19-15(21(22)23)7-12(24-2)8-18(19)25-3/h4-9H,10H2,1-3H3. The van der Waals surface area contributed by atoms with Crippen LogP contribution in [-0.4, -0.2) is 25.6 Å². The van der Waals surface area contributed by atoms with Gasteiger partial charge in [-0.25, -0.2) is 0 Å². The van der Waals surface area contributed by atoms with E-state index in [2.05, 4.69) is 0 Å². The highest BCUT2D eigenvalue weighted by atomic mass is 16.7. The molecule has 4 aromatic rings. The summed E-state index contributed by atoms with van der Waals surface area (Å²) in [5.41, 5.74) is 0.714. The lowest BCUT2D eigenvalue weighted by Crippen LogP contribution is -2.18. The first-order chi connectivity index (χ1) is 13.1. The van der Waals surface area contributed by atoms with Crippen molar-refractivity contribution in [2.45, 2.75) is 0 Å². The molecule has 5 rings (SSSR count). The molecule has 1 aromatic heterocycles. The van der Waals surface area contributed by atoms with Crippen LogP contribution in [0.5, 0.6) is 23.0 Å². The van der Waals surface area contributed by atoms with E-state index in [4.69, 9.17) is 18.9 Å². The van der Waals surface area contributed by atoms with Crippen LogP contribution in [0.15, 0.2) is 41.2 Å². The average molecular weight is 363 g/mol. The Balaban J connectivity index is 2.03. The number of aryl methyl sites for hydroxylation is 1. The van der Waals surface area contributed by atoms with Gasteiger partial charge in [-0.3, -0.25) is 4.79 Å². The van der Waals surface area contributed by atoms with Crippen LogP contribution in [0.3, 0.4) is 0 Å². The summed E-state index contributed by atoms with van der Waals surface area (Å²) in [6, 6.07) is 11.5. The van der Waals surface area contributed by atoms with Crippen LogP contribution in [0.25, 0.3) is 32.4 Å². The van der Waals surface area contributed by atoms with Crippen LogP contribution >= 0.6 is 0 Å². The smallest absolute Gasteiger partial charge is 0.258 e. The molecule has 6 heteroatoms. The molecule has 0 aliphatic carbocycles. The highest BCUT2D eigenvalue weighted by molar-refractivity contribution is 6.17. The highest BCUT2D eigenvalue weighted by Gasteiger charge is 2.19. The number of aromatic nitrogens is 1. The van der Waals surface area contributed by atoms with Crippen LogP contribution in [0.4, 0.5) is 0 Å². The SMILES string of the molecule is COc1cc(OC)c2c(c1)c(=O)n(C)c1c3cc4c(cc3ccc21)OCO4. The summed E-state index contributed by atoms with van der Waals surface area (Å²) in [7, 11) is 4.94. The van der Waals surface area contributed by atoms with Crippen molar-refractivity contribution >= 4 is 32.4 Å². The summed E-state index contributed by atoms with van der Waals surface area (Å²) < 4.78 is 23.6. The molecule has 0 saturated carbocycles. The second-order valence-electron chi connectivity index (χ2n) is 6.50. The first kappa shape index (κ1) is 15.8. The Morgan fingerprint density at radius 2 is 1.70 bits per heavy atom. The zero-order chi connectivity index (χ0) is 18.7. The van der Waals surface area contributed by atoms with Gasteiger partial charge in [0.25, 0.3) is 5.56 Å². The molecule has 0 saturated heterocycles. The molecule has 0 N–H and O–H groups in total. The monoisotopic (exact) mass is 363 g/mol. The fourth-order valence-corrected chi connectivity index (χ4v) is 3.86. The van der Waals surface area contributed by atoms with Gasteiger partial charge in [0, 0.05) is 29.3 Å². The van der Waals surface area contributed by atoms with Gasteiger partial charge in [0.15, 0.2) is 11.5 Å². The third-order valence-electron chi connectivity index (χ3n) is 5.16. The molecule has 1 aliphatic heterocycles. The largest absolute Gasteiger partial charge is 0.497 e. The number of hydrogen-bond donors (Lipinski definition) is 0. The summed E-state index contributed by atoms with van der Waals surface area (Å²) >= 11 is 0. The number of methoxy groups -OCH3 is 2. The van der Waals surface area contributed by atoms with Crippen LogP contribution in [-0.2, 0) is 7.05 Å². The van der Waals surface area contributed by atoms with E-state index in [0.717, 1.165) is 32.8 Å². The molecule has 0 atom stereocenters. The Hall–Kier alpha value is -3.41. The van der Waals surface area contributed by atoms with Crippen molar-refractivity contribution in [1.82, 2.24) is 4.57 Å². The van der Waals surface area contributed by atoms with Crippen LogP contribution in [0.2, 0.25) is 0 Å². The van der Waals surface area contributed by atoms with Crippen molar-refractivity contribution in [3.63, 3.8) is 0 Å². The van der Waals surface area contributed by atoms with Gasteiger partial charge in [-0.05, 0) is 23.6 Å². The number of fused-ring (bicyclic) bond motifs is 6. The van der Waals surface area contributed by atoms with E-state index >= 15 is 0 Å². The maximum atomic E-state index is 13.2. The van der Waals surface area contributed by atoms with E-state index in [1.165, 1.54) is 0 Å². The molecule has 27 heavy (non-hydrogen) atoms. The van der Waals surface area contributed by atoms with Gasteiger partial charge in [0.2, 0.25) is 6.79 Å². The van der Waals surface area contributed by atoms with Gasteiger partial charge < -0.3 is 23.5 Å². The van der Waals surface area contributed by atoms with Gasteiger partial charge in [-0.1, -0.05) is 12.1 Å². The summed E-state index contributed by atoms with van der Waals surface area (Å²) in [5.74, 6) is 2.59. The lowest BCUT2D eigenvalue weighted by Gasteiger charge is -2.15. The zero-order valence-corrected chi connectivity index (χ0v) is 15.2. The normalized spacial score (nSPS) is 12.9. The molecule has 0 unspecified atom stereocenters. The van der Waals surface area contributed by atoms with E-state index in [-0.39, 0.29) is 12.4 Å². The number of rotatable bonds is 2. The molecule has 0 radical (unpaired) electrons. The summed E-state index contributed by atoms with van der Waals surface area (Å²) in [6.07, 6.45) is 0. The van der Waals surface area contributed by atoms with Crippen LogP contribution < -0.4 is 24.5 Å². The fraction of sp³-hybridized carbons (Fsp3) is 0.190. The van der Waals surface area contributed by atoms with E-state index in [9.17, 15) is 4.79 Å². The Morgan fingerprint density at radius 1 is 0.926 bits per heavy atom. The number of nitrogens with zero attached hydrogens (tertiary/aromatic N) is 1. The molecule has 1 aliphatic rings. The molecule has 0 spiro atoms. The zero-order valence-electron chi connectivity index (χ0n) is 15.2. The molecule has 0 amide bonds. The third-order valence-corrected chi connectivity index (χ3v) is 5.16. The predicted octanol–water partition coefficient (Wildman–Crippen LogP) is 3.59. The van der Waals surface area contributed by atoms with Crippen molar-refractivity contribution < 1.29 is 18.9 Å². The maximum Gasteiger partial charge on any atom is 0.258 e. The Bertz CT molecular complexity index is 1310. The number of hydrogen-bond acceptors (Lipinski definition) is 5. The molecule has 6 nitrogen and oxygen atoms in total. The van der Waals surface area contributed by atoms with E-state index in [1.54, 1.807) is 38.0 Å². The number of pyridine rings is 1. The van der Waals surface area contributed by atoms with Crippen molar-refractivity contribution in [1.29, 1.82) is 0 Å². The van der Waals surface area contributed by atoms with Gasteiger partial charge in [-0.2, -0.15) is 0 Å². The molecule has 3 aromatic carbocycles. The molecule has 136 valence electrons. The maximum absolute atomic E-state index is 13.2. The quantitative estimate of drug-likeness (QED) is 0.510. The van der Waals surface area contributed by atoms with Crippen molar-refractivity contribution in [2.24, 2.45) is 7.05 Å². The van der Waals surface area contributed by atoms with Crippen molar-refractivity contribution in [3.05, 3.63) is 46.8 Å². The lowest BCUT2D eigenvalue weighted by molar-refractivity contribution is 0.174. The van der Waals surface area contributed by atoms with Crippen LogP contribution in [0, 0.1) is 0 Å². The second kappa shape index (κ2) is 5.54. The molecule has 0 bridgehead atoms. The van der Waals surface area contributed by atoms with Gasteiger partial charge in [0.1, 0.15) is 11.5 Å². The predicted molar refractivity (Wildman–Crippen MR) is 103 cm³/mol. The minimum Gasteiger partial charge on any atom is -0.497 e. The topological polar surface area (TPSA) is 58.9 Å². The van der Waals surface area contributed by atoms with E-state index < -0.39 is 0 Å². The molecular formula is C21H17NO5. The average Bonchev–Trinajstić information content (AvgIpc) is 3.15. The van der Waals surface area contributed by atoms with Gasteiger partial charge >= 0.3 is 0 Å². The molecule has 2 heterocycles. The first-order valence-electron chi connectivity index (χ1n) is 8.53. The number of ether oxygens (including phenoxy) is 4. The minimum absolute atomic E-state index is 0.111. The van der Waals surface area contributed by atoms with Gasteiger partial charge in [0.05, 0.1) is 25.1 Å². The fourth-order valence-electron chi connectivity index (χ4n) is 3.86. The summed E-state index contributed by atoms with van der Waals surface area (Å²) in [4.78, 5) is 13.2. The minimum atomic E-state index is -0.111. The first-order valence-corrected chi connectivity index (χ1v) is 8.53. The Labute approximate surface area is 154 Å². The molecule has 0 fully saturated rings. The summed E-state index contributed by atoms with van der Waals surface area (Å²) in [6.45, 7) is 0.207. The van der Waals surface area contributed by atoms with E-state index in [1.807, 2.05) is 24.3 Å². The Kier molecular flexibility index (Phi) is 3.25. The van der Waals surface area contributed by atoms with Gasteiger partial charge in [-0.15, -0.1) is 0 Å². The summed E-state index contributed by atoms with van der Waals surface area (Å²) in [5, 5.41) is 4.17. The van der Waals surface area contributed by atoms with Crippen molar-refractivity contribution in [3.8, 4) is 23.0 Å². The Morgan fingerprint density at radius 3 is 2.44 bits per heavy atom. The third kappa shape index (κ3) is 2.10. The highest BCUT2D eigenvalue weighted by Crippen LogP contribution is 2.41. The lowest BCUT2D eigenvalue weighted by atomic mass is 9.99. The number of benzene rings is 3. The van der Waals surface area contributed by atoms with Crippen LogP contribution in [0.1, 0.15) is 0 Å². The van der Waals surface area contributed by atoms with Crippen molar-refractivity contribution in [2.75, 3.05) is 21.0 Å². The van der Waals surface area contributed by atoms with E-state index in [0.29, 0.717) is 22.6 Å². The second-order valence-corrected chi connectivity index (χ2v) is 6.50.